The SMILES string of the molecule is CCCCCC(=O)N1CCC(N2CCC(C(=O)N3CCCCC3)CC2)CC1. The zero-order chi connectivity index (χ0) is 19.1. The molecular weight excluding hydrogens is 338 g/mol. The molecule has 3 aliphatic rings. The number of carbonyl (C=O) groups excluding carboxylic acids is 2. The molecule has 0 N–H and O–H groups in total. The Hall–Kier alpha value is -1.10. The summed E-state index contributed by atoms with van der Waals surface area (Å²) in [6.07, 6.45) is 12.0. The predicted octanol–water partition coefficient (Wildman–Crippen LogP) is 3.28. The number of rotatable bonds is 6. The fourth-order valence-corrected chi connectivity index (χ4v) is 5.05. The molecule has 0 unspecified atom stereocenters. The van der Waals surface area contributed by atoms with E-state index >= 15 is 0 Å². The van der Waals surface area contributed by atoms with Crippen LogP contribution in [0.3, 0.4) is 0 Å². The molecule has 3 fully saturated rings. The molecule has 3 heterocycles. The summed E-state index contributed by atoms with van der Waals surface area (Å²) in [5, 5.41) is 0. The summed E-state index contributed by atoms with van der Waals surface area (Å²) in [6.45, 7) is 8.08. The maximum atomic E-state index is 12.7. The highest BCUT2D eigenvalue weighted by atomic mass is 16.2. The Balaban J connectivity index is 1.37. The first kappa shape index (κ1) is 20.6. The average Bonchev–Trinajstić information content (AvgIpc) is 2.74. The molecule has 154 valence electrons. The van der Waals surface area contributed by atoms with Gasteiger partial charge in [-0.1, -0.05) is 19.8 Å². The van der Waals surface area contributed by atoms with E-state index in [4.69, 9.17) is 0 Å². The zero-order valence-electron chi connectivity index (χ0n) is 17.3. The molecule has 0 radical (unpaired) electrons. The highest BCUT2D eigenvalue weighted by molar-refractivity contribution is 5.79. The van der Waals surface area contributed by atoms with Gasteiger partial charge in [-0.25, -0.2) is 0 Å². The molecule has 0 bridgehead atoms. The first-order chi connectivity index (χ1) is 13.2. The fourth-order valence-electron chi connectivity index (χ4n) is 5.05. The number of amides is 2. The van der Waals surface area contributed by atoms with Crippen LogP contribution in [-0.4, -0.2) is 71.8 Å². The van der Waals surface area contributed by atoms with Gasteiger partial charge in [0, 0.05) is 44.6 Å². The van der Waals surface area contributed by atoms with Crippen LogP contribution in [0.15, 0.2) is 0 Å². The van der Waals surface area contributed by atoms with Crippen molar-refractivity contribution in [1.82, 2.24) is 14.7 Å². The Morgan fingerprint density at radius 3 is 2.07 bits per heavy atom. The minimum absolute atomic E-state index is 0.250. The third kappa shape index (κ3) is 5.69. The molecule has 2 amide bonds. The van der Waals surface area contributed by atoms with E-state index in [0.717, 1.165) is 84.2 Å². The molecule has 27 heavy (non-hydrogen) atoms. The summed E-state index contributed by atoms with van der Waals surface area (Å²) in [5.41, 5.74) is 0. The van der Waals surface area contributed by atoms with E-state index in [1.165, 1.54) is 25.7 Å². The van der Waals surface area contributed by atoms with E-state index in [9.17, 15) is 9.59 Å². The molecule has 3 saturated heterocycles. The van der Waals surface area contributed by atoms with Gasteiger partial charge in [-0.15, -0.1) is 0 Å². The van der Waals surface area contributed by atoms with Crippen LogP contribution in [0.1, 0.15) is 77.6 Å². The van der Waals surface area contributed by atoms with Gasteiger partial charge < -0.3 is 14.7 Å². The van der Waals surface area contributed by atoms with Gasteiger partial charge in [-0.05, 0) is 64.5 Å². The normalized spacial score (nSPS) is 23.6. The largest absolute Gasteiger partial charge is 0.343 e. The van der Waals surface area contributed by atoms with Crippen LogP contribution >= 0.6 is 0 Å². The lowest BCUT2D eigenvalue weighted by Crippen LogP contribution is -2.50. The van der Waals surface area contributed by atoms with Gasteiger partial charge in [0.2, 0.25) is 11.8 Å². The molecule has 5 heteroatoms. The number of hydrogen-bond acceptors (Lipinski definition) is 3. The van der Waals surface area contributed by atoms with E-state index in [-0.39, 0.29) is 5.92 Å². The number of nitrogens with zero attached hydrogens (tertiary/aromatic N) is 3. The van der Waals surface area contributed by atoms with Gasteiger partial charge in [0.05, 0.1) is 0 Å². The topological polar surface area (TPSA) is 43.9 Å². The highest BCUT2D eigenvalue weighted by Gasteiger charge is 2.33. The van der Waals surface area contributed by atoms with Gasteiger partial charge in [0.1, 0.15) is 0 Å². The summed E-state index contributed by atoms with van der Waals surface area (Å²) in [4.78, 5) is 31.8. The molecule has 0 aliphatic carbocycles. The minimum atomic E-state index is 0.250. The van der Waals surface area contributed by atoms with Gasteiger partial charge in [0.15, 0.2) is 0 Å². The monoisotopic (exact) mass is 377 g/mol. The molecule has 0 aromatic rings. The van der Waals surface area contributed by atoms with Crippen LogP contribution in [0.4, 0.5) is 0 Å². The Morgan fingerprint density at radius 2 is 1.44 bits per heavy atom. The number of hydrogen-bond donors (Lipinski definition) is 0. The number of piperidine rings is 3. The number of carbonyl (C=O) groups is 2. The van der Waals surface area contributed by atoms with Gasteiger partial charge in [-0.3, -0.25) is 9.59 Å². The molecule has 0 aromatic carbocycles. The lowest BCUT2D eigenvalue weighted by atomic mass is 9.91. The average molecular weight is 378 g/mol. The zero-order valence-corrected chi connectivity index (χ0v) is 17.3. The van der Waals surface area contributed by atoms with Crippen molar-refractivity contribution in [3.63, 3.8) is 0 Å². The number of likely N-dealkylation sites (tertiary alicyclic amines) is 3. The first-order valence-corrected chi connectivity index (χ1v) is 11.5. The van der Waals surface area contributed by atoms with E-state index in [1.54, 1.807) is 0 Å². The van der Waals surface area contributed by atoms with Crippen LogP contribution in [-0.2, 0) is 9.59 Å². The van der Waals surface area contributed by atoms with Crippen molar-refractivity contribution < 1.29 is 9.59 Å². The van der Waals surface area contributed by atoms with E-state index in [1.807, 2.05) is 0 Å². The molecule has 3 aliphatic heterocycles. The Morgan fingerprint density at radius 1 is 0.778 bits per heavy atom. The van der Waals surface area contributed by atoms with Crippen molar-refractivity contribution in [3.05, 3.63) is 0 Å². The molecular formula is C22H39N3O2. The second kappa shape index (κ2) is 10.4. The van der Waals surface area contributed by atoms with Gasteiger partial charge in [-0.2, -0.15) is 0 Å². The van der Waals surface area contributed by atoms with Gasteiger partial charge >= 0.3 is 0 Å². The van der Waals surface area contributed by atoms with Crippen molar-refractivity contribution in [2.75, 3.05) is 39.3 Å². The van der Waals surface area contributed by atoms with E-state index in [2.05, 4.69) is 21.6 Å². The highest BCUT2D eigenvalue weighted by Crippen LogP contribution is 2.26. The van der Waals surface area contributed by atoms with Crippen molar-refractivity contribution in [2.24, 2.45) is 5.92 Å². The quantitative estimate of drug-likeness (QED) is 0.667. The van der Waals surface area contributed by atoms with Crippen molar-refractivity contribution in [1.29, 1.82) is 0 Å². The molecule has 3 rings (SSSR count). The maximum absolute atomic E-state index is 12.7. The van der Waals surface area contributed by atoms with E-state index in [0.29, 0.717) is 17.9 Å². The van der Waals surface area contributed by atoms with Crippen molar-refractivity contribution >= 4 is 11.8 Å². The summed E-state index contributed by atoms with van der Waals surface area (Å²) in [7, 11) is 0. The summed E-state index contributed by atoms with van der Waals surface area (Å²) < 4.78 is 0. The second-order valence-corrected chi connectivity index (χ2v) is 8.77. The van der Waals surface area contributed by atoms with Crippen LogP contribution in [0.5, 0.6) is 0 Å². The third-order valence-electron chi connectivity index (χ3n) is 6.87. The lowest BCUT2D eigenvalue weighted by molar-refractivity contribution is -0.139. The van der Waals surface area contributed by atoms with Crippen LogP contribution in [0.2, 0.25) is 0 Å². The molecule has 0 aromatic heterocycles. The fraction of sp³-hybridized carbons (Fsp3) is 0.909. The third-order valence-corrected chi connectivity index (χ3v) is 6.87. The molecule has 0 saturated carbocycles. The van der Waals surface area contributed by atoms with Crippen molar-refractivity contribution in [3.8, 4) is 0 Å². The van der Waals surface area contributed by atoms with Crippen LogP contribution < -0.4 is 0 Å². The second-order valence-electron chi connectivity index (χ2n) is 8.77. The van der Waals surface area contributed by atoms with Crippen LogP contribution in [0, 0.1) is 5.92 Å². The molecule has 0 spiro atoms. The minimum Gasteiger partial charge on any atom is -0.343 e. The standard InChI is InChI=1S/C22H39N3O2/c1-2-3-5-8-21(26)24-17-11-20(12-18-24)23-15-9-19(10-16-23)22(27)25-13-6-4-7-14-25/h19-20H,2-18H2,1H3. The molecule has 5 nitrogen and oxygen atoms in total. The summed E-state index contributed by atoms with van der Waals surface area (Å²) >= 11 is 0. The smallest absolute Gasteiger partial charge is 0.225 e. The van der Waals surface area contributed by atoms with Crippen LogP contribution in [0.25, 0.3) is 0 Å². The Kier molecular flexibility index (Phi) is 7.98. The van der Waals surface area contributed by atoms with E-state index < -0.39 is 0 Å². The first-order valence-electron chi connectivity index (χ1n) is 11.5. The Bertz CT molecular complexity index is 474. The summed E-state index contributed by atoms with van der Waals surface area (Å²) in [6, 6.07) is 0.607. The maximum Gasteiger partial charge on any atom is 0.225 e. The summed E-state index contributed by atoms with van der Waals surface area (Å²) in [5.74, 6) is 1.02. The van der Waals surface area contributed by atoms with Crippen molar-refractivity contribution in [2.45, 2.75) is 83.6 Å². The van der Waals surface area contributed by atoms with Gasteiger partial charge in [0.25, 0.3) is 0 Å². The lowest BCUT2D eigenvalue weighted by Gasteiger charge is -2.42. The predicted molar refractivity (Wildman–Crippen MR) is 108 cm³/mol. The number of unbranched alkanes of at least 4 members (excludes halogenated alkanes) is 2. The Labute approximate surface area is 165 Å². The molecule has 0 atom stereocenters.